The quantitative estimate of drug-likeness (QED) is 0.718. The number of anilines is 1. The summed E-state index contributed by atoms with van der Waals surface area (Å²) in [5.41, 5.74) is 3.26. The number of carbonyl (C=O) groups excluding carboxylic acids is 1. The zero-order chi connectivity index (χ0) is 16.9. The minimum atomic E-state index is -0.0125. The third-order valence-corrected chi connectivity index (χ3v) is 5.06. The fourth-order valence-electron chi connectivity index (χ4n) is 2.68. The summed E-state index contributed by atoms with van der Waals surface area (Å²) in [5, 5.41) is 3.62. The second-order valence-corrected chi connectivity index (χ2v) is 6.99. The first-order valence-electron chi connectivity index (χ1n) is 7.97. The van der Waals surface area contributed by atoms with Gasteiger partial charge in [0.2, 0.25) is 5.91 Å². The number of carbonyl (C=O) groups is 1. The van der Waals surface area contributed by atoms with Gasteiger partial charge in [-0.2, -0.15) is 0 Å². The lowest BCUT2D eigenvalue weighted by Crippen LogP contribution is -2.16. The molecule has 3 rings (SSSR count). The van der Waals surface area contributed by atoms with Crippen LogP contribution in [0.15, 0.2) is 60.7 Å². The molecule has 0 spiro atoms. The topological polar surface area (TPSA) is 42.0 Å². The predicted octanol–water partition coefficient (Wildman–Crippen LogP) is 4.92. The number of hydrogen-bond donors (Lipinski definition) is 1. The number of benzene rings is 2. The van der Waals surface area contributed by atoms with Gasteiger partial charge < -0.3 is 5.32 Å². The fourth-order valence-corrected chi connectivity index (χ4v) is 3.51. The summed E-state index contributed by atoms with van der Waals surface area (Å²) in [7, 11) is 0. The lowest BCUT2D eigenvalue weighted by atomic mass is 9.88. The highest BCUT2D eigenvalue weighted by atomic mass is 32.1. The molecule has 0 bridgehead atoms. The number of nitrogens with one attached hydrogen (secondary N) is 1. The standard InChI is InChI=1S/C20H20N2OS/c1-14-15(2)24-20(21-14)22-19(23)13-18(16-9-5-3-6-10-16)17-11-7-4-8-12-17/h3-12,18H,13H2,1-2H3,(H,21,22,23). The fraction of sp³-hybridized carbons (Fsp3) is 0.200. The molecule has 0 aliphatic rings. The van der Waals surface area contributed by atoms with Gasteiger partial charge in [-0.15, -0.1) is 11.3 Å². The monoisotopic (exact) mass is 336 g/mol. The third-order valence-electron chi connectivity index (χ3n) is 4.07. The molecule has 2 aromatic carbocycles. The van der Waals surface area contributed by atoms with Crippen LogP contribution in [0, 0.1) is 13.8 Å². The highest BCUT2D eigenvalue weighted by Gasteiger charge is 2.19. The number of rotatable bonds is 5. The molecular formula is C20H20N2OS. The molecular weight excluding hydrogens is 316 g/mol. The molecule has 0 atom stereocenters. The number of nitrogens with zero attached hydrogens (tertiary/aromatic N) is 1. The van der Waals surface area contributed by atoms with Crippen molar-refractivity contribution in [3.63, 3.8) is 0 Å². The maximum Gasteiger partial charge on any atom is 0.227 e. The van der Waals surface area contributed by atoms with Gasteiger partial charge in [0.05, 0.1) is 5.69 Å². The van der Waals surface area contributed by atoms with Crippen molar-refractivity contribution in [3.8, 4) is 0 Å². The van der Waals surface area contributed by atoms with Crippen LogP contribution < -0.4 is 5.32 Å². The van der Waals surface area contributed by atoms with Crippen LogP contribution in [0.2, 0.25) is 0 Å². The minimum Gasteiger partial charge on any atom is -0.302 e. The summed E-state index contributed by atoms with van der Waals surface area (Å²) in [6, 6.07) is 20.3. The highest BCUT2D eigenvalue weighted by molar-refractivity contribution is 7.15. The van der Waals surface area contributed by atoms with Gasteiger partial charge >= 0.3 is 0 Å². The maximum atomic E-state index is 12.5. The molecule has 0 aliphatic carbocycles. The molecule has 3 aromatic rings. The van der Waals surface area contributed by atoms with E-state index in [0.717, 1.165) is 21.7 Å². The zero-order valence-corrected chi connectivity index (χ0v) is 14.6. The SMILES string of the molecule is Cc1nc(NC(=O)CC(c2ccccc2)c2ccccc2)sc1C. The molecule has 0 saturated carbocycles. The number of aryl methyl sites for hydroxylation is 2. The van der Waals surface area contributed by atoms with Gasteiger partial charge in [0, 0.05) is 17.2 Å². The van der Waals surface area contributed by atoms with E-state index in [-0.39, 0.29) is 11.8 Å². The Labute approximate surface area is 146 Å². The van der Waals surface area contributed by atoms with E-state index in [1.807, 2.05) is 50.2 Å². The van der Waals surface area contributed by atoms with Crippen molar-refractivity contribution in [3.05, 3.63) is 82.4 Å². The number of hydrogen-bond acceptors (Lipinski definition) is 3. The van der Waals surface area contributed by atoms with Crippen molar-refractivity contribution >= 4 is 22.4 Å². The Hall–Kier alpha value is -2.46. The Morgan fingerprint density at radius 1 is 1.00 bits per heavy atom. The molecule has 0 saturated heterocycles. The van der Waals surface area contributed by atoms with Crippen LogP contribution in [0.5, 0.6) is 0 Å². The Kier molecular flexibility index (Phi) is 5.06. The Morgan fingerprint density at radius 2 is 1.54 bits per heavy atom. The Balaban J connectivity index is 1.80. The molecule has 24 heavy (non-hydrogen) atoms. The Bertz CT molecular complexity index is 753. The molecule has 3 nitrogen and oxygen atoms in total. The van der Waals surface area contributed by atoms with E-state index >= 15 is 0 Å². The summed E-state index contributed by atoms with van der Waals surface area (Å²) in [4.78, 5) is 18.1. The van der Waals surface area contributed by atoms with Crippen LogP contribution in [0.1, 0.15) is 34.0 Å². The number of thiazole rings is 1. The summed E-state index contributed by atoms with van der Waals surface area (Å²) in [6.07, 6.45) is 0.395. The van der Waals surface area contributed by atoms with Crippen molar-refractivity contribution in [2.75, 3.05) is 5.32 Å². The Morgan fingerprint density at radius 3 is 2.00 bits per heavy atom. The molecule has 0 aliphatic heterocycles. The van der Waals surface area contributed by atoms with E-state index in [1.54, 1.807) is 0 Å². The van der Waals surface area contributed by atoms with E-state index < -0.39 is 0 Å². The van der Waals surface area contributed by atoms with Gasteiger partial charge in [0.25, 0.3) is 0 Å². The van der Waals surface area contributed by atoms with Crippen LogP contribution in [0.25, 0.3) is 0 Å². The molecule has 1 N–H and O–H groups in total. The molecule has 0 unspecified atom stereocenters. The lowest BCUT2D eigenvalue weighted by Gasteiger charge is -2.17. The van der Waals surface area contributed by atoms with Crippen LogP contribution in [-0.2, 0) is 4.79 Å². The summed E-state index contributed by atoms with van der Waals surface area (Å²) in [5.74, 6) is 0.0241. The highest BCUT2D eigenvalue weighted by Crippen LogP contribution is 2.29. The van der Waals surface area contributed by atoms with Crippen molar-refractivity contribution in [2.45, 2.75) is 26.2 Å². The number of aromatic nitrogens is 1. The van der Waals surface area contributed by atoms with Gasteiger partial charge in [-0.25, -0.2) is 4.98 Å². The van der Waals surface area contributed by atoms with Crippen molar-refractivity contribution in [2.24, 2.45) is 0 Å². The van der Waals surface area contributed by atoms with E-state index in [0.29, 0.717) is 11.6 Å². The number of amides is 1. The smallest absolute Gasteiger partial charge is 0.227 e. The molecule has 4 heteroatoms. The van der Waals surface area contributed by atoms with E-state index in [4.69, 9.17) is 0 Å². The van der Waals surface area contributed by atoms with Gasteiger partial charge in [0.1, 0.15) is 0 Å². The lowest BCUT2D eigenvalue weighted by molar-refractivity contribution is -0.116. The van der Waals surface area contributed by atoms with Crippen LogP contribution in [0.3, 0.4) is 0 Å². The summed E-state index contributed by atoms with van der Waals surface area (Å²) in [6.45, 7) is 3.97. The van der Waals surface area contributed by atoms with Crippen LogP contribution in [-0.4, -0.2) is 10.9 Å². The molecule has 0 radical (unpaired) electrons. The van der Waals surface area contributed by atoms with Crippen molar-refractivity contribution in [1.29, 1.82) is 0 Å². The van der Waals surface area contributed by atoms with Gasteiger partial charge in [-0.3, -0.25) is 4.79 Å². The van der Waals surface area contributed by atoms with Gasteiger partial charge in [-0.05, 0) is 25.0 Å². The van der Waals surface area contributed by atoms with E-state index in [1.165, 1.54) is 11.3 Å². The summed E-state index contributed by atoms with van der Waals surface area (Å²) < 4.78 is 0. The molecule has 1 aromatic heterocycles. The minimum absolute atomic E-state index is 0.0125. The largest absolute Gasteiger partial charge is 0.302 e. The third kappa shape index (κ3) is 3.89. The van der Waals surface area contributed by atoms with Crippen molar-refractivity contribution < 1.29 is 4.79 Å². The van der Waals surface area contributed by atoms with Crippen molar-refractivity contribution in [1.82, 2.24) is 4.98 Å². The van der Waals surface area contributed by atoms with Gasteiger partial charge in [-0.1, -0.05) is 60.7 Å². The van der Waals surface area contributed by atoms with Gasteiger partial charge in [0.15, 0.2) is 5.13 Å². The van der Waals surface area contributed by atoms with E-state index in [2.05, 4.69) is 34.6 Å². The van der Waals surface area contributed by atoms with Crippen LogP contribution in [0.4, 0.5) is 5.13 Å². The molecule has 122 valence electrons. The maximum absolute atomic E-state index is 12.5. The average molecular weight is 336 g/mol. The zero-order valence-electron chi connectivity index (χ0n) is 13.8. The first-order valence-corrected chi connectivity index (χ1v) is 8.79. The average Bonchev–Trinajstić information content (AvgIpc) is 2.91. The second kappa shape index (κ2) is 7.41. The first kappa shape index (κ1) is 16.4. The molecule has 1 heterocycles. The normalized spacial score (nSPS) is 10.8. The van der Waals surface area contributed by atoms with E-state index in [9.17, 15) is 4.79 Å². The first-order chi connectivity index (χ1) is 11.6. The predicted molar refractivity (Wildman–Crippen MR) is 99.6 cm³/mol. The molecule has 1 amide bonds. The van der Waals surface area contributed by atoms with Crippen LogP contribution >= 0.6 is 11.3 Å². The molecule has 0 fully saturated rings. The summed E-state index contributed by atoms with van der Waals surface area (Å²) >= 11 is 1.52. The second-order valence-electron chi connectivity index (χ2n) is 5.79.